The molecule has 2 heterocycles. The maximum absolute atomic E-state index is 11.1. The van der Waals surface area contributed by atoms with Gasteiger partial charge in [-0.15, -0.1) is 0 Å². The number of aromatic nitrogens is 3. The standard InChI is InChI=1S/C10H12N4O2/c1-10(2,9(15)16)7-3-8-12-4-6(11)5-14(8)13-7/h3-5H,11H2,1-2H3,(H,15,16). The molecule has 16 heavy (non-hydrogen) atoms. The van der Waals surface area contributed by atoms with Crippen molar-refractivity contribution < 1.29 is 9.90 Å². The van der Waals surface area contributed by atoms with Gasteiger partial charge in [-0.3, -0.25) is 4.79 Å². The summed E-state index contributed by atoms with van der Waals surface area (Å²) < 4.78 is 1.48. The summed E-state index contributed by atoms with van der Waals surface area (Å²) >= 11 is 0. The fourth-order valence-corrected chi connectivity index (χ4v) is 1.31. The molecule has 0 aliphatic rings. The molecule has 3 N–H and O–H groups in total. The lowest BCUT2D eigenvalue weighted by Crippen LogP contribution is -2.29. The molecule has 2 rings (SSSR count). The van der Waals surface area contributed by atoms with E-state index in [4.69, 9.17) is 10.8 Å². The van der Waals surface area contributed by atoms with E-state index in [9.17, 15) is 4.79 Å². The molecule has 6 nitrogen and oxygen atoms in total. The first-order valence-corrected chi connectivity index (χ1v) is 4.76. The number of hydrogen-bond donors (Lipinski definition) is 2. The second-order valence-electron chi connectivity index (χ2n) is 4.15. The third kappa shape index (κ3) is 1.48. The van der Waals surface area contributed by atoms with Crippen LogP contribution < -0.4 is 5.73 Å². The molecule has 0 spiro atoms. The second-order valence-corrected chi connectivity index (χ2v) is 4.15. The maximum atomic E-state index is 11.1. The number of anilines is 1. The van der Waals surface area contributed by atoms with Crippen LogP contribution in [0.15, 0.2) is 18.5 Å². The van der Waals surface area contributed by atoms with Gasteiger partial charge in [-0.05, 0) is 13.8 Å². The highest BCUT2D eigenvalue weighted by molar-refractivity contribution is 5.80. The minimum atomic E-state index is -1.04. The highest BCUT2D eigenvalue weighted by Crippen LogP contribution is 2.22. The molecule has 0 aliphatic carbocycles. The number of nitrogens with zero attached hydrogens (tertiary/aromatic N) is 3. The first-order valence-electron chi connectivity index (χ1n) is 4.76. The topological polar surface area (TPSA) is 93.5 Å². The number of carbonyl (C=O) groups is 1. The summed E-state index contributed by atoms with van der Waals surface area (Å²) in [5, 5.41) is 13.2. The largest absolute Gasteiger partial charge is 0.481 e. The molecule has 0 aromatic carbocycles. The van der Waals surface area contributed by atoms with Gasteiger partial charge >= 0.3 is 5.97 Å². The van der Waals surface area contributed by atoms with Crippen molar-refractivity contribution in [1.82, 2.24) is 14.6 Å². The Morgan fingerprint density at radius 1 is 1.56 bits per heavy atom. The van der Waals surface area contributed by atoms with Crippen molar-refractivity contribution in [2.45, 2.75) is 19.3 Å². The van der Waals surface area contributed by atoms with Crippen LogP contribution >= 0.6 is 0 Å². The van der Waals surface area contributed by atoms with E-state index in [0.29, 0.717) is 17.0 Å². The molecule has 0 atom stereocenters. The summed E-state index contributed by atoms with van der Waals surface area (Å²) in [6.45, 7) is 3.20. The van der Waals surface area contributed by atoms with Gasteiger partial charge in [0.05, 0.1) is 23.8 Å². The molecule has 2 aromatic heterocycles. The molecule has 2 aromatic rings. The first kappa shape index (κ1) is 10.4. The normalized spacial score (nSPS) is 11.9. The molecule has 0 radical (unpaired) electrons. The lowest BCUT2D eigenvalue weighted by molar-refractivity contribution is -0.142. The fraction of sp³-hybridized carbons (Fsp3) is 0.300. The number of carboxylic acids is 1. The third-order valence-electron chi connectivity index (χ3n) is 2.51. The Bertz CT molecular complexity index is 559. The van der Waals surface area contributed by atoms with Crippen LogP contribution in [0.3, 0.4) is 0 Å². The smallest absolute Gasteiger partial charge is 0.315 e. The van der Waals surface area contributed by atoms with Gasteiger partial charge in [0.2, 0.25) is 0 Å². The Hall–Kier alpha value is -2.11. The van der Waals surface area contributed by atoms with Crippen LogP contribution in [-0.4, -0.2) is 25.7 Å². The number of nitrogens with two attached hydrogens (primary N) is 1. The molecule has 84 valence electrons. The van der Waals surface area contributed by atoms with Gasteiger partial charge in [-0.2, -0.15) is 5.10 Å². The molecule has 0 fully saturated rings. The minimum Gasteiger partial charge on any atom is -0.481 e. The van der Waals surface area contributed by atoms with E-state index in [0.717, 1.165) is 0 Å². The predicted molar refractivity (Wildman–Crippen MR) is 58.1 cm³/mol. The van der Waals surface area contributed by atoms with E-state index >= 15 is 0 Å². The van der Waals surface area contributed by atoms with E-state index in [2.05, 4.69) is 10.1 Å². The van der Waals surface area contributed by atoms with Crippen molar-refractivity contribution in [3.05, 3.63) is 24.2 Å². The monoisotopic (exact) mass is 220 g/mol. The van der Waals surface area contributed by atoms with E-state index in [1.54, 1.807) is 26.1 Å². The van der Waals surface area contributed by atoms with Gasteiger partial charge in [0, 0.05) is 6.07 Å². The summed E-state index contributed by atoms with van der Waals surface area (Å²) in [5.74, 6) is -0.927. The molecule has 0 amide bonds. The lowest BCUT2D eigenvalue weighted by atomic mass is 9.90. The van der Waals surface area contributed by atoms with E-state index < -0.39 is 11.4 Å². The Kier molecular flexibility index (Phi) is 2.08. The van der Waals surface area contributed by atoms with Crippen molar-refractivity contribution >= 4 is 17.3 Å². The van der Waals surface area contributed by atoms with Crippen LogP contribution in [0.2, 0.25) is 0 Å². The van der Waals surface area contributed by atoms with Gasteiger partial charge in [0.25, 0.3) is 0 Å². The summed E-state index contributed by atoms with van der Waals surface area (Å²) in [4.78, 5) is 15.1. The van der Waals surface area contributed by atoms with Gasteiger partial charge in [-0.1, -0.05) is 0 Å². The Labute approximate surface area is 91.7 Å². The van der Waals surface area contributed by atoms with E-state index in [1.807, 2.05) is 0 Å². The Morgan fingerprint density at radius 2 is 2.25 bits per heavy atom. The summed E-state index contributed by atoms with van der Waals surface area (Å²) in [5.41, 5.74) is 6.04. The average molecular weight is 220 g/mol. The van der Waals surface area contributed by atoms with Crippen molar-refractivity contribution in [2.75, 3.05) is 5.73 Å². The van der Waals surface area contributed by atoms with Crippen LogP contribution in [0.5, 0.6) is 0 Å². The number of hydrogen-bond acceptors (Lipinski definition) is 4. The van der Waals surface area contributed by atoms with Gasteiger partial charge < -0.3 is 10.8 Å². The molecule has 0 aliphatic heterocycles. The van der Waals surface area contributed by atoms with Crippen molar-refractivity contribution in [2.24, 2.45) is 0 Å². The average Bonchev–Trinajstić information content (AvgIpc) is 2.60. The molecule has 0 bridgehead atoms. The van der Waals surface area contributed by atoms with Crippen LogP contribution in [0.4, 0.5) is 5.69 Å². The molecule has 0 unspecified atom stereocenters. The zero-order valence-electron chi connectivity index (χ0n) is 9.01. The van der Waals surface area contributed by atoms with E-state index in [1.165, 1.54) is 10.7 Å². The summed E-state index contributed by atoms with van der Waals surface area (Å²) in [6, 6.07) is 1.65. The highest BCUT2D eigenvalue weighted by atomic mass is 16.4. The summed E-state index contributed by atoms with van der Waals surface area (Å²) in [6.07, 6.45) is 3.11. The van der Waals surface area contributed by atoms with Crippen LogP contribution in [0.25, 0.3) is 5.65 Å². The van der Waals surface area contributed by atoms with E-state index in [-0.39, 0.29) is 0 Å². The number of carboxylic acid groups (broad SMARTS) is 1. The molecular weight excluding hydrogens is 208 g/mol. The number of aliphatic carboxylic acids is 1. The SMILES string of the molecule is CC(C)(C(=O)O)c1cc2ncc(N)cn2n1. The minimum absolute atomic E-state index is 0.457. The van der Waals surface area contributed by atoms with Crippen LogP contribution in [0.1, 0.15) is 19.5 Å². The van der Waals surface area contributed by atoms with Crippen LogP contribution in [-0.2, 0) is 10.2 Å². The molecule has 0 saturated carbocycles. The zero-order chi connectivity index (χ0) is 11.9. The number of fused-ring (bicyclic) bond motifs is 1. The Balaban J connectivity index is 2.59. The quantitative estimate of drug-likeness (QED) is 0.775. The van der Waals surface area contributed by atoms with Gasteiger partial charge in [0.15, 0.2) is 5.65 Å². The van der Waals surface area contributed by atoms with Gasteiger partial charge in [0.1, 0.15) is 5.41 Å². The van der Waals surface area contributed by atoms with Crippen molar-refractivity contribution in [3.63, 3.8) is 0 Å². The molecular formula is C10H12N4O2. The van der Waals surface area contributed by atoms with Crippen molar-refractivity contribution in [3.8, 4) is 0 Å². The number of nitrogen functional groups attached to an aromatic ring is 1. The summed E-state index contributed by atoms with van der Waals surface area (Å²) in [7, 11) is 0. The molecule has 6 heteroatoms. The predicted octanol–water partition coefficient (Wildman–Crippen LogP) is 0.674. The molecule has 0 saturated heterocycles. The Morgan fingerprint density at radius 3 is 2.88 bits per heavy atom. The first-order chi connectivity index (χ1) is 7.41. The van der Waals surface area contributed by atoms with Crippen LogP contribution in [0, 0.1) is 0 Å². The second kappa shape index (κ2) is 3.19. The highest BCUT2D eigenvalue weighted by Gasteiger charge is 2.32. The zero-order valence-corrected chi connectivity index (χ0v) is 9.01. The van der Waals surface area contributed by atoms with Crippen molar-refractivity contribution in [1.29, 1.82) is 0 Å². The van der Waals surface area contributed by atoms with Gasteiger partial charge in [-0.25, -0.2) is 9.50 Å². The third-order valence-corrected chi connectivity index (χ3v) is 2.51. The fourth-order valence-electron chi connectivity index (χ4n) is 1.31. The lowest BCUT2D eigenvalue weighted by Gasteiger charge is -2.15. The maximum Gasteiger partial charge on any atom is 0.315 e. The number of rotatable bonds is 2.